The van der Waals surface area contributed by atoms with Crippen LogP contribution in [0.5, 0.6) is 0 Å². The molecule has 5 heteroatoms. The molecule has 1 heterocycles. The van der Waals surface area contributed by atoms with Crippen molar-refractivity contribution in [3.05, 3.63) is 16.1 Å². The number of aryl methyl sites for hydroxylation is 1. The van der Waals surface area contributed by atoms with Crippen LogP contribution >= 0.6 is 11.3 Å². The summed E-state index contributed by atoms with van der Waals surface area (Å²) in [5.74, 6) is 0.352. The van der Waals surface area contributed by atoms with Gasteiger partial charge in [0.1, 0.15) is 11.1 Å². The van der Waals surface area contributed by atoms with E-state index in [1.165, 1.54) is 0 Å². The second-order valence-electron chi connectivity index (χ2n) is 4.47. The van der Waals surface area contributed by atoms with Gasteiger partial charge in [0.15, 0.2) is 0 Å². The molecule has 0 aromatic carbocycles. The maximum Gasteiger partial charge on any atom is 0.249 e. The fourth-order valence-electron chi connectivity index (χ4n) is 1.20. The van der Waals surface area contributed by atoms with Gasteiger partial charge in [-0.3, -0.25) is 4.79 Å². The summed E-state index contributed by atoms with van der Waals surface area (Å²) in [7, 11) is 0. The SMILES string of the molecule is Cc1csc(CNC(=O)[C@H](C)OCC(C)C)n1. The van der Waals surface area contributed by atoms with Crippen LogP contribution in [0, 0.1) is 12.8 Å². The van der Waals surface area contributed by atoms with Gasteiger partial charge in [-0.15, -0.1) is 11.3 Å². The van der Waals surface area contributed by atoms with E-state index in [0.717, 1.165) is 10.7 Å². The summed E-state index contributed by atoms with van der Waals surface area (Å²) in [6.07, 6.45) is -0.404. The van der Waals surface area contributed by atoms with E-state index >= 15 is 0 Å². The van der Waals surface area contributed by atoms with Gasteiger partial charge in [-0.2, -0.15) is 0 Å². The highest BCUT2D eigenvalue weighted by atomic mass is 32.1. The zero-order valence-electron chi connectivity index (χ0n) is 10.8. The van der Waals surface area contributed by atoms with Crippen molar-refractivity contribution in [3.8, 4) is 0 Å². The standard InChI is InChI=1S/C12H20N2O2S/c1-8(2)6-16-10(4)12(15)13-5-11-14-9(3)7-17-11/h7-8,10H,5-6H2,1-4H3,(H,13,15)/t10-/m0/s1. The summed E-state index contributed by atoms with van der Waals surface area (Å²) < 4.78 is 5.43. The summed E-state index contributed by atoms with van der Waals surface area (Å²) in [5.41, 5.74) is 0.989. The molecule has 1 atom stereocenters. The molecule has 0 aliphatic rings. The van der Waals surface area contributed by atoms with Crippen molar-refractivity contribution in [2.45, 2.75) is 40.3 Å². The van der Waals surface area contributed by atoms with Crippen LogP contribution in [0.4, 0.5) is 0 Å². The first-order valence-corrected chi connectivity index (χ1v) is 6.67. The van der Waals surface area contributed by atoms with E-state index in [4.69, 9.17) is 4.74 Å². The molecule has 17 heavy (non-hydrogen) atoms. The predicted molar refractivity (Wildman–Crippen MR) is 68.9 cm³/mol. The van der Waals surface area contributed by atoms with Crippen molar-refractivity contribution in [1.29, 1.82) is 0 Å². The smallest absolute Gasteiger partial charge is 0.249 e. The molecule has 1 amide bonds. The molecular formula is C12H20N2O2S. The highest BCUT2D eigenvalue weighted by molar-refractivity contribution is 7.09. The second kappa shape index (κ2) is 6.71. The van der Waals surface area contributed by atoms with E-state index < -0.39 is 6.10 Å². The zero-order valence-corrected chi connectivity index (χ0v) is 11.6. The normalized spacial score (nSPS) is 12.8. The fraction of sp³-hybridized carbons (Fsp3) is 0.667. The minimum Gasteiger partial charge on any atom is -0.368 e. The van der Waals surface area contributed by atoms with E-state index in [9.17, 15) is 4.79 Å². The maximum absolute atomic E-state index is 11.7. The number of hydrogen-bond acceptors (Lipinski definition) is 4. The van der Waals surface area contributed by atoms with E-state index in [1.54, 1.807) is 18.3 Å². The lowest BCUT2D eigenvalue weighted by molar-refractivity contribution is -0.132. The number of nitrogens with one attached hydrogen (secondary N) is 1. The first kappa shape index (κ1) is 14.1. The van der Waals surface area contributed by atoms with Crippen LogP contribution in [-0.2, 0) is 16.1 Å². The Bertz CT molecular complexity index is 363. The largest absolute Gasteiger partial charge is 0.368 e. The van der Waals surface area contributed by atoms with Gasteiger partial charge in [0, 0.05) is 17.7 Å². The Morgan fingerprint density at radius 2 is 2.24 bits per heavy atom. The van der Waals surface area contributed by atoms with Gasteiger partial charge in [-0.05, 0) is 19.8 Å². The van der Waals surface area contributed by atoms with Crippen molar-refractivity contribution in [1.82, 2.24) is 10.3 Å². The van der Waals surface area contributed by atoms with E-state index in [-0.39, 0.29) is 5.91 Å². The van der Waals surface area contributed by atoms with E-state index in [0.29, 0.717) is 19.1 Å². The third-order valence-electron chi connectivity index (χ3n) is 2.13. The highest BCUT2D eigenvalue weighted by Gasteiger charge is 2.13. The molecule has 0 radical (unpaired) electrons. The van der Waals surface area contributed by atoms with Gasteiger partial charge >= 0.3 is 0 Å². The Balaban J connectivity index is 2.29. The van der Waals surface area contributed by atoms with Crippen LogP contribution in [-0.4, -0.2) is 23.6 Å². The summed E-state index contributed by atoms with van der Waals surface area (Å²) in [6, 6.07) is 0. The molecule has 0 aliphatic carbocycles. The van der Waals surface area contributed by atoms with Gasteiger partial charge in [-0.1, -0.05) is 13.8 Å². The molecule has 0 bridgehead atoms. The molecule has 0 saturated carbocycles. The minimum atomic E-state index is -0.404. The van der Waals surface area contributed by atoms with Crippen molar-refractivity contribution in [2.75, 3.05) is 6.61 Å². The molecular weight excluding hydrogens is 236 g/mol. The van der Waals surface area contributed by atoms with Crippen molar-refractivity contribution in [3.63, 3.8) is 0 Å². The average molecular weight is 256 g/mol. The van der Waals surface area contributed by atoms with Gasteiger partial charge in [0.05, 0.1) is 6.54 Å². The van der Waals surface area contributed by atoms with Gasteiger partial charge in [-0.25, -0.2) is 4.98 Å². The average Bonchev–Trinajstić information content (AvgIpc) is 2.68. The van der Waals surface area contributed by atoms with Crippen molar-refractivity contribution >= 4 is 17.2 Å². The van der Waals surface area contributed by atoms with E-state index in [1.807, 2.05) is 12.3 Å². The monoisotopic (exact) mass is 256 g/mol. The lowest BCUT2D eigenvalue weighted by Crippen LogP contribution is -2.34. The van der Waals surface area contributed by atoms with E-state index in [2.05, 4.69) is 24.1 Å². The third-order valence-corrected chi connectivity index (χ3v) is 3.10. The minimum absolute atomic E-state index is 0.0847. The lowest BCUT2D eigenvalue weighted by atomic mass is 10.2. The molecule has 0 saturated heterocycles. The summed E-state index contributed by atoms with van der Waals surface area (Å²) in [5, 5.41) is 5.72. The quantitative estimate of drug-likeness (QED) is 0.848. The number of thiazole rings is 1. The molecule has 1 N–H and O–H groups in total. The van der Waals surface area contributed by atoms with Crippen LogP contribution < -0.4 is 5.32 Å². The molecule has 0 unspecified atom stereocenters. The van der Waals surface area contributed by atoms with Crippen molar-refractivity contribution < 1.29 is 9.53 Å². The molecule has 0 spiro atoms. The lowest BCUT2D eigenvalue weighted by Gasteiger charge is -2.14. The first-order valence-electron chi connectivity index (χ1n) is 5.79. The maximum atomic E-state index is 11.7. The van der Waals surface area contributed by atoms with Crippen LogP contribution in [0.3, 0.4) is 0 Å². The molecule has 4 nitrogen and oxygen atoms in total. The number of rotatable bonds is 6. The highest BCUT2D eigenvalue weighted by Crippen LogP contribution is 2.08. The summed E-state index contributed by atoms with van der Waals surface area (Å²) >= 11 is 1.55. The Hall–Kier alpha value is -0.940. The number of ether oxygens (including phenoxy) is 1. The Morgan fingerprint density at radius 3 is 2.76 bits per heavy atom. The fourth-order valence-corrected chi connectivity index (χ4v) is 1.91. The Kier molecular flexibility index (Phi) is 5.58. The summed E-state index contributed by atoms with van der Waals surface area (Å²) in [4.78, 5) is 16.0. The summed E-state index contributed by atoms with van der Waals surface area (Å²) in [6.45, 7) is 8.91. The molecule has 1 rings (SSSR count). The van der Waals surface area contributed by atoms with Crippen LogP contribution in [0.25, 0.3) is 0 Å². The molecule has 1 aromatic heterocycles. The number of aromatic nitrogens is 1. The van der Waals surface area contributed by atoms with Gasteiger partial charge in [0.2, 0.25) is 5.91 Å². The van der Waals surface area contributed by atoms with Crippen LogP contribution in [0.2, 0.25) is 0 Å². The first-order chi connectivity index (χ1) is 7.99. The second-order valence-corrected chi connectivity index (χ2v) is 5.41. The number of hydrogen-bond donors (Lipinski definition) is 1. The molecule has 0 aliphatic heterocycles. The predicted octanol–water partition coefficient (Wildman–Crippen LogP) is 2.13. The molecule has 0 fully saturated rings. The van der Waals surface area contributed by atoms with Crippen LogP contribution in [0.15, 0.2) is 5.38 Å². The number of nitrogens with zero attached hydrogens (tertiary/aromatic N) is 1. The Labute approximate surface area is 106 Å². The van der Waals surface area contributed by atoms with Crippen molar-refractivity contribution in [2.24, 2.45) is 5.92 Å². The molecule has 96 valence electrons. The number of carbonyl (C=O) groups is 1. The zero-order chi connectivity index (χ0) is 12.8. The van der Waals surface area contributed by atoms with Gasteiger partial charge < -0.3 is 10.1 Å². The number of amides is 1. The molecule has 1 aromatic rings. The van der Waals surface area contributed by atoms with Crippen LogP contribution in [0.1, 0.15) is 31.5 Å². The number of carbonyl (C=O) groups excluding carboxylic acids is 1. The topological polar surface area (TPSA) is 51.2 Å². The van der Waals surface area contributed by atoms with Gasteiger partial charge in [0.25, 0.3) is 0 Å². The third kappa shape index (κ3) is 5.28. The Morgan fingerprint density at radius 1 is 1.53 bits per heavy atom.